The molecule has 1 heterocycles. The zero-order valence-electron chi connectivity index (χ0n) is 15.8. The summed E-state index contributed by atoms with van der Waals surface area (Å²) in [4.78, 5) is 0. The van der Waals surface area contributed by atoms with E-state index in [1.54, 1.807) is 19.2 Å². The highest BCUT2D eigenvalue weighted by atomic mass is 16.5. The first-order valence-electron chi connectivity index (χ1n) is 8.96. The van der Waals surface area contributed by atoms with Crippen molar-refractivity contribution >= 4 is 0 Å². The van der Waals surface area contributed by atoms with Gasteiger partial charge >= 0.3 is 0 Å². The first kappa shape index (κ1) is 18.3. The Labute approximate surface area is 155 Å². The van der Waals surface area contributed by atoms with Crippen LogP contribution in [0.15, 0.2) is 49.1 Å². The van der Waals surface area contributed by atoms with Crippen LogP contribution in [0.5, 0.6) is 17.2 Å². The number of hydrogen-bond donors (Lipinski definition) is 0. The van der Waals surface area contributed by atoms with E-state index in [9.17, 15) is 5.11 Å². The van der Waals surface area contributed by atoms with Crippen molar-refractivity contribution in [3.63, 3.8) is 0 Å². The van der Waals surface area contributed by atoms with Gasteiger partial charge in [0.05, 0.1) is 34.4 Å². The van der Waals surface area contributed by atoms with Crippen molar-refractivity contribution < 1.29 is 19.1 Å². The van der Waals surface area contributed by atoms with E-state index in [4.69, 9.17) is 9.47 Å². The molecular formula is C22H27NO3. The van der Waals surface area contributed by atoms with Crippen molar-refractivity contribution in [2.75, 3.05) is 34.4 Å². The minimum absolute atomic E-state index is 0.0614. The van der Waals surface area contributed by atoms with E-state index in [0.29, 0.717) is 5.75 Å². The molecule has 4 heteroatoms. The number of hydrogen-bond acceptors (Lipinski definition) is 3. The number of nitrogens with zero attached hydrogens (tertiary/aromatic N) is 1. The molecule has 2 aromatic rings. The number of ether oxygens (including phenoxy) is 2. The summed E-state index contributed by atoms with van der Waals surface area (Å²) in [5.74, 6) is 1.23. The molecule has 3 rings (SSSR count). The summed E-state index contributed by atoms with van der Waals surface area (Å²) in [6.45, 7) is 5.90. The molecule has 0 unspecified atom stereocenters. The van der Waals surface area contributed by atoms with Crippen LogP contribution < -0.4 is 14.6 Å². The maximum Gasteiger partial charge on any atom is 0.119 e. The number of methoxy groups -OCH3 is 2. The highest BCUT2D eigenvalue weighted by Crippen LogP contribution is 2.39. The molecule has 0 N–H and O–H groups in total. The van der Waals surface area contributed by atoms with E-state index < -0.39 is 0 Å². The van der Waals surface area contributed by atoms with Gasteiger partial charge in [-0.05, 0) is 41.5 Å². The summed E-state index contributed by atoms with van der Waals surface area (Å²) < 4.78 is 11.4. The van der Waals surface area contributed by atoms with Gasteiger partial charge in [0.15, 0.2) is 0 Å². The van der Waals surface area contributed by atoms with Crippen LogP contribution in [0.2, 0.25) is 0 Å². The van der Waals surface area contributed by atoms with Crippen LogP contribution in [0, 0.1) is 0 Å². The predicted molar refractivity (Wildman–Crippen MR) is 102 cm³/mol. The zero-order valence-corrected chi connectivity index (χ0v) is 15.8. The largest absolute Gasteiger partial charge is 0.870 e. The minimum atomic E-state index is -0.0614. The van der Waals surface area contributed by atoms with Gasteiger partial charge in [-0.25, -0.2) is 0 Å². The van der Waals surface area contributed by atoms with E-state index in [1.165, 1.54) is 18.2 Å². The average Bonchev–Trinajstić information content (AvgIpc) is 2.64. The van der Waals surface area contributed by atoms with Gasteiger partial charge in [0.1, 0.15) is 17.5 Å². The smallest absolute Gasteiger partial charge is 0.119 e. The molecule has 2 aromatic carbocycles. The minimum Gasteiger partial charge on any atom is -0.870 e. The van der Waals surface area contributed by atoms with E-state index in [2.05, 4.69) is 25.8 Å². The average molecular weight is 353 g/mol. The second-order valence-electron chi connectivity index (χ2n) is 7.19. The molecule has 4 nitrogen and oxygen atoms in total. The van der Waals surface area contributed by atoms with Crippen molar-refractivity contribution in [2.45, 2.75) is 18.9 Å². The van der Waals surface area contributed by atoms with Crippen molar-refractivity contribution in [3.8, 4) is 17.2 Å². The quantitative estimate of drug-likeness (QED) is 0.591. The van der Waals surface area contributed by atoms with Crippen molar-refractivity contribution in [1.29, 1.82) is 0 Å². The Morgan fingerprint density at radius 3 is 2.65 bits per heavy atom. The Bertz CT molecular complexity index is 802. The molecule has 0 aromatic heterocycles. The Morgan fingerprint density at radius 2 is 2.00 bits per heavy atom. The fourth-order valence-electron chi connectivity index (χ4n) is 4.03. The van der Waals surface area contributed by atoms with Gasteiger partial charge in [-0.1, -0.05) is 24.5 Å². The lowest BCUT2D eigenvalue weighted by Gasteiger charge is -2.45. The lowest BCUT2D eigenvalue weighted by atomic mass is 9.86. The molecule has 0 saturated carbocycles. The van der Waals surface area contributed by atoms with Gasteiger partial charge in [0.2, 0.25) is 0 Å². The highest BCUT2D eigenvalue weighted by Gasteiger charge is 2.38. The Morgan fingerprint density at radius 1 is 1.19 bits per heavy atom. The van der Waals surface area contributed by atoms with Crippen LogP contribution in [0.1, 0.15) is 22.7 Å². The maximum absolute atomic E-state index is 12.2. The number of rotatable bonds is 6. The molecule has 2 atom stereocenters. The van der Waals surface area contributed by atoms with Crippen LogP contribution in [0.25, 0.3) is 0 Å². The SMILES string of the molecule is C=CC[N@@+]1(C)CCc2cc(OC)ccc2[C@@H]1Cc1ccc(OC)c([O-])c1. The monoisotopic (exact) mass is 353 g/mol. The fourth-order valence-corrected chi connectivity index (χ4v) is 4.03. The lowest BCUT2D eigenvalue weighted by Crippen LogP contribution is -2.52. The van der Waals surface area contributed by atoms with E-state index in [0.717, 1.165) is 41.7 Å². The van der Waals surface area contributed by atoms with E-state index in [-0.39, 0.29) is 11.8 Å². The van der Waals surface area contributed by atoms with Gasteiger partial charge in [-0.2, -0.15) is 0 Å². The number of fused-ring (bicyclic) bond motifs is 1. The highest BCUT2D eigenvalue weighted by molar-refractivity contribution is 5.43. The molecule has 0 fully saturated rings. The van der Waals surface area contributed by atoms with Crippen LogP contribution >= 0.6 is 0 Å². The summed E-state index contributed by atoms with van der Waals surface area (Å²) in [5.41, 5.74) is 3.72. The number of quaternary nitrogens is 1. The summed E-state index contributed by atoms with van der Waals surface area (Å²) in [5, 5.41) is 12.2. The second-order valence-corrected chi connectivity index (χ2v) is 7.19. The molecule has 0 saturated heterocycles. The normalized spacial score (nSPS) is 21.7. The van der Waals surface area contributed by atoms with Gasteiger partial charge in [-0.15, -0.1) is 0 Å². The first-order valence-corrected chi connectivity index (χ1v) is 8.96. The van der Waals surface area contributed by atoms with Crippen LogP contribution in [0.3, 0.4) is 0 Å². The van der Waals surface area contributed by atoms with Gasteiger partial charge in [0, 0.05) is 18.4 Å². The molecule has 0 amide bonds. The maximum atomic E-state index is 12.2. The summed E-state index contributed by atoms with van der Waals surface area (Å²) in [7, 11) is 5.51. The third-order valence-electron chi connectivity index (χ3n) is 5.56. The second kappa shape index (κ2) is 7.42. The predicted octanol–water partition coefficient (Wildman–Crippen LogP) is 3.25. The van der Waals surface area contributed by atoms with Gasteiger partial charge in [-0.3, -0.25) is 0 Å². The molecule has 138 valence electrons. The number of benzene rings is 2. The summed E-state index contributed by atoms with van der Waals surface area (Å²) in [6.07, 6.45) is 3.82. The van der Waals surface area contributed by atoms with Crippen molar-refractivity contribution in [1.82, 2.24) is 0 Å². The summed E-state index contributed by atoms with van der Waals surface area (Å²) in [6, 6.07) is 12.1. The molecule has 0 spiro atoms. The topological polar surface area (TPSA) is 41.5 Å². The van der Waals surface area contributed by atoms with E-state index >= 15 is 0 Å². The molecule has 1 aliphatic heterocycles. The van der Waals surface area contributed by atoms with Crippen LogP contribution in [-0.4, -0.2) is 38.8 Å². The third-order valence-corrected chi connectivity index (χ3v) is 5.56. The molecule has 0 radical (unpaired) electrons. The molecule has 0 aliphatic carbocycles. The van der Waals surface area contributed by atoms with Crippen molar-refractivity contribution in [3.05, 3.63) is 65.7 Å². The fraction of sp³-hybridized carbons (Fsp3) is 0.364. The standard InChI is InChI=1S/C22H27NO3/c1-5-11-23(2)12-10-17-15-18(25-3)7-8-19(17)20(23)13-16-6-9-22(26-4)21(24)14-16/h5-9,14-15,20H,1,10-13H2,2-4H3/t20-,23-/m0/s1. The molecule has 26 heavy (non-hydrogen) atoms. The van der Waals surface area contributed by atoms with Gasteiger partial charge < -0.3 is 19.1 Å². The lowest BCUT2D eigenvalue weighted by molar-refractivity contribution is -0.936. The van der Waals surface area contributed by atoms with Crippen molar-refractivity contribution in [2.24, 2.45) is 0 Å². The van der Waals surface area contributed by atoms with Gasteiger partial charge in [0.25, 0.3) is 0 Å². The van der Waals surface area contributed by atoms with Crippen LogP contribution in [-0.2, 0) is 12.8 Å². The molecule has 0 bridgehead atoms. The summed E-state index contributed by atoms with van der Waals surface area (Å²) >= 11 is 0. The van der Waals surface area contributed by atoms with Crippen LogP contribution in [0.4, 0.5) is 0 Å². The zero-order chi connectivity index (χ0) is 18.7. The molecule has 1 aliphatic rings. The van der Waals surface area contributed by atoms with E-state index in [1.807, 2.05) is 18.2 Å². The Kier molecular flexibility index (Phi) is 5.23. The Balaban J connectivity index is 2.00. The third kappa shape index (κ3) is 3.42. The first-order chi connectivity index (χ1) is 12.5. The number of likely N-dealkylation sites (N-methyl/N-ethyl adjacent to an activating group) is 1. The Hall–Kier alpha value is -2.46. The molecular weight excluding hydrogens is 326 g/mol.